The summed E-state index contributed by atoms with van der Waals surface area (Å²) in [6.07, 6.45) is 0.974. The quantitative estimate of drug-likeness (QED) is 0.632. The summed E-state index contributed by atoms with van der Waals surface area (Å²) >= 11 is 0. The minimum atomic E-state index is -0.841. The Balaban J connectivity index is 1.66. The van der Waals surface area contributed by atoms with Crippen LogP contribution >= 0.6 is 0 Å². The van der Waals surface area contributed by atoms with Gasteiger partial charge in [0.1, 0.15) is 6.61 Å². The summed E-state index contributed by atoms with van der Waals surface area (Å²) < 4.78 is 6.95. The maximum atomic E-state index is 13.1. The molecule has 0 bridgehead atoms. The molecule has 0 saturated heterocycles. The minimum Gasteiger partial charge on any atom is -0.445 e. The van der Waals surface area contributed by atoms with E-state index < -0.39 is 29.7 Å². The normalized spacial score (nSPS) is 17.4. The van der Waals surface area contributed by atoms with Gasteiger partial charge in [0.25, 0.3) is 5.91 Å². The molecule has 0 radical (unpaired) electrons. The lowest BCUT2D eigenvalue weighted by Crippen LogP contribution is -2.46. The highest BCUT2D eigenvalue weighted by molar-refractivity contribution is 6.37. The number of Topliss-reactive ketones (excluding diaryl/α,β-unsaturated/α-hetero) is 2. The number of alkyl carbamates (subject to hydrolysis) is 1. The molecular formula is C23H28N4O5. The van der Waals surface area contributed by atoms with Gasteiger partial charge in [0.2, 0.25) is 5.78 Å². The predicted octanol–water partition coefficient (Wildman–Crippen LogP) is 1.65. The first-order valence-electron chi connectivity index (χ1n) is 10.7. The van der Waals surface area contributed by atoms with Crippen molar-refractivity contribution >= 4 is 23.6 Å². The molecule has 1 aromatic carbocycles. The molecular weight excluding hydrogens is 412 g/mol. The van der Waals surface area contributed by atoms with Gasteiger partial charge in [-0.2, -0.15) is 5.10 Å². The number of rotatable bonds is 7. The van der Waals surface area contributed by atoms with Crippen molar-refractivity contribution in [2.75, 3.05) is 6.54 Å². The fraction of sp³-hybridized carbons (Fsp3) is 0.435. The molecule has 170 valence electrons. The molecule has 1 aromatic heterocycles. The minimum absolute atomic E-state index is 0.0803. The first-order chi connectivity index (χ1) is 15.3. The second-order valence-corrected chi connectivity index (χ2v) is 8.17. The van der Waals surface area contributed by atoms with E-state index >= 15 is 0 Å². The molecule has 0 spiro atoms. The van der Waals surface area contributed by atoms with Gasteiger partial charge in [0, 0.05) is 37.2 Å². The lowest BCUT2D eigenvalue weighted by atomic mass is 9.87. The number of carbonyl (C=O) groups is 4. The van der Waals surface area contributed by atoms with Gasteiger partial charge in [-0.3, -0.25) is 19.1 Å². The van der Waals surface area contributed by atoms with Crippen molar-refractivity contribution in [1.82, 2.24) is 20.4 Å². The largest absolute Gasteiger partial charge is 0.445 e. The zero-order chi connectivity index (χ0) is 23.1. The molecule has 0 aliphatic carbocycles. The summed E-state index contributed by atoms with van der Waals surface area (Å²) in [6.45, 7) is 4.41. The van der Waals surface area contributed by atoms with Gasteiger partial charge in [0.05, 0.1) is 12.6 Å². The molecule has 0 saturated carbocycles. The number of nitrogens with zero attached hydrogens (tertiary/aromatic N) is 2. The average molecular weight is 441 g/mol. The standard InChI is InChI=1S/C23H28N4O5/c1-15(2)20(26-23(31)32-14-16-6-4-3-5-7-16)19(28)13-17-12-18-8-9-25-27(18)11-10-24-22(30)21(17)29/h3-9,15,17,20H,10-14H2,1-2H3,(H,24,30)(H,26,31). The Morgan fingerprint density at radius 2 is 1.97 bits per heavy atom. The van der Waals surface area contributed by atoms with E-state index in [2.05, 4.69) is 15.7 Å². The molecule has 2 unspecified atom stereocenters. The molecule has 2 N–H and O–H groups in total. The number of aromatic nitrogens is 2. The first kappa shape index (κ1) is 23.2. The van der Waals surface area contributed by atoms with E-state index in [0.29, 0.717) is 6.54 Å². The second-order valence-electron chi connectivity index (χ2n) is 8.17. The molecule has 32 heavy (non-hydrogen) atoms. The van der Waals surface area contributed by atoms with Gasteiger partial charge in [-0.05, 0) is 17.5 Å². The van der Waals surface area contributed by atoms with Crippen LogP contribution in [0.2, 0.25) is 0 Å². The first-order valence-corrected chi connectivity index (χ1v) is 10.7. The molecule has 2 amide bonds. The molecule has 2 aromatic rings. The SMILES string of the molecule is CC(C)C(NC(=O)OCc1ccccc1)C(=O)CC1Cc2ccnn2CCNC(=O)C1=O. The topological polar surface area (TPSA) is 119 Å². The van der Waals surface area contributed by atoms with Crippen LogP contribution in [0.4, 0.5) is 4.79 Å². The van der Waals surface area contributed by atoms with Gasteiger partial charge in [-0.1, -0.05) is 44.2 Å². The van der Waals surface area contributed by atoms with Crippen LogP contribution in [0, 0.1) is 11.8 Å². The number of carbonyl (C=O) groups excluding carboxylic acids is 4. The molecule has 2 heterocycles. The van der Waals surface area contributed by atoms with Crippen LogP contribution in [0.5, 0.6) is 0 Å². The highest BCUT2D eigenvalue weighted by atomic mass is 16.5. The van der Waals surface area contributed by atoms with Crippen molar-refractivity contribution in [3.63, 3.8) is 0 Å². The average Bonchev–Trinajstić information content (AvgIpc) is 3.22. The summed E-state index contributed by atoms with van der Waals surface area (Å²) in [6, 6.07) is 10.1. The molecule has 3 rings (SSSR count). The molecule has 1 aliphatic heterocycles. The number of amides is 2. The van der Waals surface area contributed by atoms with Crippen LogP contribution in [0.15, 0.2) is 42.6 Å². The van der Waals surface area contributed by atoms with Crippen molar-refractivity contribution in [1.29, 1.82) is 0 Å². The van der Waals surface area contributed by atoms with E-state index in [0.717, 1.165) is 11.3 Å². The van der Waals surface area contributed by atoms with Gasteiger partial charge in [-0.25, -0.2) is 4.79 Å². The van der Waals surface area contributed by atoms with Crippen molar-refractivity contribution in [3.05, 3.63) is 53.9 Å². The predicted molar refractivity (Wildman–Crippen MR) is 115 cm³/mol. The third kappa shape index (κ3) is 6.03. The molecule has 0 fully saturated rings. The van der Waals surface area contributed by atoms with Gasteiger partial charge in [-0.15, -0.1) is 0 Å². The Kier molecular flexibility index (Phi) is 7.75. The van der Waals surface area contributed by atoms with Gasteiger partial charge >= 0.3 is 6.09 Å². The van der Waals surface area contributed by atoms with E-state index in [4.69, 9.17) is 4.74 Å². The molecule has 1 aliphatic rings. The van der Waals surface area contributed by atoms with E-state index in [-0.39, 0.29) is 37.7 Å². The van der Waals surface area contributed by atoms with Gasteiger partial charge in [0.15, 0.2) is 5.78 Å². The maximum absolute atomic E-state index is 13.1. The Morgan fingerprint density at radius 1 is 1.22 bits per heavy atom. The Labute approximate surface area is 186 Å². The summed E-state index contributed by atoms with van der Waals surface area (Å²) in [5, 5.41) is 9.40. The number of hydrogen-bond acceptors (Lipinski definition) is 6. The maximum Gasteiger partial charge on any atom is 0.408 e. The Bertz CT molecular complexity index is 970. The zero-order valence-electron chi connectivity index (χ0n) is 18.2. The second kappa shape index (κ2) is 10.7. The number of ether oxygens (including phenoxy) is 1. The van der Waals surface area contributed by atoms with Crippen LogP contribution in [0.3, 0.4) is 0 Å². The van der Waals surface area contributed by atoms with E-state index in [1.54, 1.807) is 30.8 Å². The third-order valence-electron chi connectivity index (χ3n) is 5.41. The number of benzene rings is 1. The van der Waals surface area contributed by atoms with Crippen LogP contribution in [-0.4, -0.2) is 45.9 Å². The van der Waals surface area contributed by atoms with E-state index in [1.165, 1.54) is 0 Å². The van der Waals surface area contributed by atoms with Crippen molar-refractivity contribution in [2.45, 2.75) is 45.9 Å². The molecule has 9 nitrogen and oxygen atoms in total. The summed E-state index contributed by atoms with van der Waals surface area (Å²) in [7, 11) is 0. The number of nitrogens with one attached hydrogen (secondary N) is 2. The Hall–Kier alpha value is -3.49. The number of hydrogen-bond donors (Lipinski definition) is 2. The third-order valence-corrected chi connectivity index (χ3v) is 5.41. The fourth-order valence-corrected chi connectivity index (χ4v) is 3.67. The van der Waals surface area contributed by atoms with Crippen LogP contribution in [0.1, 0.15) is 31.5 Å². The van der Waals surface area contributed by atoms with Crippen LogP contribution in [0.25, 0.3) is 0 Å². The van der Waals surface area contributed by atoms with Crippen molar-refractivity contribution in [2.24, 2.45) is 11.8 Å². The van der Waals surface area contributed by atoms with Crippen LogP contribution in [-0.2, 0) is 38.7 Å². The zero-order valence-corrected chi connectivity index (χ0v) is 18.2. The highest BCUT2D eigenvalue weighted by Gasteiger charge is 2.33. The van der Waals surface area contributed by atoms with Crippen LogP contribution < -0.4 is 10.6 Å². The number of ketones is 2. The van der Waals surface area contributed by atoms with Crippen molar-refractivity contribution < 1.29 is 23.9 Å². The van der Waals surface area contributed by atoms with E-state index in [9.17, 15) is 19.2 Å². The lowest BCUT2D eigenvalue weighted by molar-refractivity contribution is -0.141. The molecule has 9 heteroatoms. The molecule has 2 atom stereocenters. The summed E-state index contributed by atoms with van der Waals surface area (Å²) in [5.41, 5.74) is 1.61. The number of fused-ring (bicyclic) bond motifs is 1. The smallest absolute Gasteiger partial charge is 0.408 e. The Morgan fingerprint density at radius 3 is 2.69 bits per heavy atom. The lowest BCUT2D eigenvalue weighted by Gasteiger charge is -2.23. The monoisotopic (exact) mass is 440 g/mol. The summed E-state index contributed by atoms with van der Waals surface area (Å²) in [5.74, 6) is -2.72. The fourth-order valence-electron chi connectivity index (χ4n) is 3.67. The van der Waals surface area contributed by atoms with E-state index in [1.807, 2.05) is 30.3 Å². The van der Waals surface area contributed by atoms with Gasteiger partial charge < -0.3 is 15.4 Å². The highest BCUT2D eigenvalue weighted by Crippen LogP contribution is 2.18. The van der Waals surface area contributed by atoms with Crippen molar-refractivity contribution in [3.8, 4) is 0 Å². The summed E-state index contributed by atoms with van der Waals surface area (Å²) in [4.78, 5) is 50.2.